The molecule has 1 aromatic rings. The summed E-state index contributed by atoms with van der Waals surface area (Å²) in [5.74, 6) is 0. The van der Waals surface area contributed by atoms with Crippen molar-refractivity contribution in [3.8, 4) is 0 Å². The van der Waals surface area contributed by atoms with Crippen molar-refractivity contribution in [2.75, 3.05) is 6.26 Å². The zero-order valence-electron chi connectivity index (χ0n) is 7.97. The van der Waals surface area contributed by atoms with Crippen LogP contribution in [0.2, 0.25) is 0 Å². The summed E-state index contributed by atoms with van der Waals surface area (Å²) in [6.45, 7) is 6.08. The molecule has 0 radical (unpaired) electrons. The van der Waals surface area contributed by atoms with Gasteiger partial charge in [0.25, 0.3) is 0 Å². The molecule has 1 nitrogen and oxygen atoms in total. The SMILES string of the molecule is Cc1cc(C)c([S+](C)[O-])c(C)c1. The van der Waals surface area contributed by atoms with Crippen molar-refractivity contribution in [1.82, 2.24) is 0 Å². The van der Waals surface area contributed by atoms with E-state index in [2.05, 4.69) is 19.1 Å². The second-order valence-corrected chi connectivity index (χ2v) is 4.50. The Balaban J connectivity index is 3.28. The van der Waals surface area contributed by atoms with Gasteiger partial charge in [0.15, 0.2) is 4.90 Å². The van der Waals surface area contributed by atoms with Crippen LogP contribution in [0.5, 0.6) is 0 Å². The maximum absolute atomic E-state index is 11.3. The van der Waals surface area contributed by atoms with Gasteiger partial charge in [0.1, 0.15) is 6.26 Å². The second kappa shape index (κ2) is 3.50. The number of rotatable bonds is 1. The Hall–Kier alpha value is -0.470. The molecule has 0 spiro atoms. The van der Waals surface area contributed by atoms with Crippen LogP contribution >= 0.6 is 0 Å². The first kappa shape index (κ1) is 9.62. The van der Waals surface area contributed by atoms with E-state index >= 15 is 0 Å². The maximum Gasteiger partial charge on any atom is 0.158 e. The lowest BCUT2D eigenvalue weighted by molar-refractivity contribution is 0.599. The van der Waals surface area contributed by atoms with E-state index in [-0.39, 0.29) is 0 Å². The Morgan fingerprint density at radius 3 is 1.83 bits per heavy atom. The van der Waals surface area contributed by atoms with Crippen molar-refractivity contribution in [2.24, 2.45) is 0 Å². The fraction of sp³-hybridized carbons (Fsp3) is 0.400. The number of hydrogen-bond acceptors (Lipinski definition) is 1. The van der Waals surface area contributed by atoms with E-state index in [1.165, 1.54) is 5.56 Å². The van der Waals surface area contributed by atoms with Crippen molar-refractivity contribution >= 4 is 11.2 Å². The summed E-state index contributed by atoms with van der Waals surface area (Å²) in [5, 5.41) is 0. The molecule has 1 atom stereocenters. The molecule has 0 saturated carbocycles. The third-order valence-corrected chi connectivity index (χ3v) is 3.11. The van der Waals surface area contributed by atoms with Gasteiger partial charge >= 0.3 is 0 Å². The van der Waals surface area contributed by atoms with E-state index in [0.29, 0.717) is 0 Å². The van der Waals surface area contributed by atoms with Gasteiger partial charge in [0.2, 0.25) is 0 Å². The fourth-order valence-electron chi connectivity index (χ4n) is 1.62. The minimum atomic E-state index is -0.860. The van der Waals surface area contributed by atoms with Gasteiger partial charge in [-0.3, -0.25) is 0 Å². The third kappa shape index (κ3) is 1.82. The van der Waals surface area contributed by atoms with E-state index < -0.39 is 11.2 Å². The van der Waals surface area contributed by atoms with Gasteiger partial charge in [-0.25, -0.2) is 0 Å². The van der Waals surface area contributed by atoms with Crippen LogP contribution in [0.3, 0.4) is 0 Å². The molecule has 1 aromatic carbocycles. The van der Waals surface area contributed by atoms with Crippen molar-refractivity contribution in [2.45, 2.75) is 25.7 Å². The Morgan fingerprint density at radius 2 is 1.50 bits per heavy atom. The van der Waals surface area contributed by atoms with Crippen molar-refractivity contribution < 1.29 is 4.55 Å². The molecule has 0 aromatic heterocycles. The highest BCUT2D eigenvalue weighted by molar-refractivity contribution is 7.90. The molecule has 12 heavy (non-hydrogen) atoms. The number of hydrogen-bond donors (Lipinski definition) is 0. The molecule has 1 unspecified atom stereocenters. The van der Waals surface area contributed by atoms with Crippen molar-refractivity contribution in [1.29, 1.82) is 0 Å². The molecule has 0 fully saturated rings. The molecule has 0 aliphatic carbocycles. The molecular formula is C10H14OS. The lowest BCUT2D eigenvalue weighted by atomic mass is 10.1. The fourth-order valence-corrected chi connectivity index (χ4v) is 2.64. The minimum absolute atomic E-state index is 0.860. The first-order valence-electron chi connectivity index (χ1n) is 3.93. The standard InChI is InChI=1S/C10H14OS/c1-7-5-8(2)10(12(4)11)9(3)6-7/h5-6H,1-4H3. The van der Waals surface area contributed by atoms with E-state index in [0.717, 1.165) is 16.0 Å². The number of benzene rings is 1. The number of aryl methyl sites for hydroxylation is 3. The topological polar surface area (TPSA) is 23.1 Å². The Kier molecular flexibility index (Phi) is 2.80. The molecule has 0 aliphatic rings. The molecule has 0 heterocycles. The molecule has 0 aliphatic heterocycles. The van der Waals surface area contributed by atoms with Gasteiger partial charge in [-0.05, 0) is 31.9 Å². The van der Waals surface area contributed by atoms with Crippen LogP contribution in [0.4, 0.5) is 0 Å². The molecule has 0 bridgehead atoms. The van der Waals surface area contributed by atoms with Crippen LogP contribution in [0, 0.1) is 20.8 Å². The Bertz CT molecular complexity index is 269. The van der Waals surface area contributed by atoms with Crippen LogP contribution in [-0.2, 0) is 11.2 Å². The van der Waals surface area contributed by atoms with E-state index in [1.54, 1.807) is 6.26 Å². The van der Waals surface area contributed by atoms with Gasteiger partial charge in [0, 0.05) is 11.1 Å². The first-order chi connectivity index (χ1) is 5.52. The minimum Gasteiger partial charge on any atom is -0.612 e. The third-order valence-electron chi connectivity index (χ3n) is 1.89. The van der Waals surface area contributed by atoms with Crippen LogP contribution < -0.4 is 0 Å². The van der Waals surface area contributed by atoms with Gasteiger partial charge in [-0.15, -0.1) is 0 Å². The monoisotopic (exact) mass is 182 g/mol. The summed E-state index contributed by atoms with van der Waals surface area (Å²) >= 11 is -0.860. The summed E-state index contributed by atoms with van der Waals surface area (Å²) in [5.41, 5.74) is 3.50. The van der Waals surface area contributed by atoms with Crippen LogP contribution in [0.1, 0.15) is 16.7 Å². The Morgan fingerprint density at radius 1 is 1.08 bits per heavy atom. The largest absolute Gasteiger partial charge is 0.612 e. The summed E-state index contributed by atoms with van der Waals surface area (Å²) in [7, 11) is 0. The summed E-state index contributed by atoms with van der Waals surface area (Å²) in [6, 6.07) is 4.15. The van der Waals surface area contributed by atoms with Crippen molar-refractivity contribution in [3.63, 3.8) is 0 Å². The van der Waals surface area contributed by atoms with Crippen LogP contribution in [-0.4, -0.2) is 10.8 Å². The average Bonchev–Trinajstić information content (AvgIpc) is 1.82. The van der Waals surface area contributed by atoms with Crippen molar-refractivity contribution in [3.05, 3.63) is 28.8 Å². The lowest BCUT2D eigenvalue weighted by Crippen LogP contribution is -2.03. The Labute approximate surface area is 77.0 Å². The molecule has 0 N–H and O–H groups in total. The summed E-state index contributed by atoms with van der Waals surface area (Å²) in [6.07, 6.45) is 1.73. The average molecular weight is 182 g/mol. The van der Waals surface area contributed by atoms with E-state index in [1.807, 2.05) is 13.8 Å². The van der Waals surface area contributed by atoms with E-state index in [9.17, 15) is 4.55 Å². The van der Waals surface area contributed by atoms with Crippen LogP contribution in [0.15, 0.2) is 17.0 Å². The zero-order valence-corrected chi connectivity index (χ0v) is 8.79. The summed E-state index contributed by atoms with van der Waals surface area (Å²) < 4.78 is 11.3. The predicted octanol–water partition coefficient (Wildman–Crippen LogP) is 2.35. The van der Waals surface area contributed by atoms with E-state index in [4.69, 9.17) is 0 Å². The molecule has 66 valence electrons. The maximum atomic E-state index is 11.3. The lowest BCUT2D eigenvalue weighted by Gasteiger charge is -2.11. The highest BCUT2D eigenvalue weighted by atomic mass is 32.2. The smallest absolute Gasteiger partial charge is 0.158 e. The van der Waals surface area contributed by atoms with Gasteiger partial charge in [-0.2, -0.15) is 0 Å². The highest BCUT2D eigenvalue weighted by Gasteiger charge is 2.12. The first-order valence-corrected chi connectivity index (χ1v) is 5.49. The van der Waals surface area contributed by atoms with Gasteiger partial charge < -0.3 is 4.55 Å². The second-order valence-electron chi connectivity index (χ2n) is 3.18. The molecule has 0 amide bonds. The highest BCUT2D eigenvalue weighted by Crippen LogP contribution is 2.21. The quantitative estimate of drug-likeness (QED) is 0.611. The predicted molar refractivity (Wildman–Crippen MR) is 53.0 cm³/mol. The molecule has 2 heteroatoms. The molecule has 0 saturated heterocycles. The van der Waals surface area contributed by atoms with Gasteiger partial charge in [0.05, 0.1) is 0 Å². The molecule has 1 rings (SSSR count). The normalized spacial score (nSPS) is 13.1. The summed E-state index contributed by atoms with van der Waals surface area (Å²) in [4.78, 5) is 0.987. The van der Waals surface area contributed by atoms with Gasteiger partial charge in [-0.1, -0.05) is 17.7 Å². The zero-order chi connectivity index (χ0) is 9.30. The molecular weight excluding hydrogens is 168 g/mol. The van der Waals surface area contributed by atoms with Crippen LogP contribution in [0.25, 0.3) is 0 Å².